The summed E-state index contributed by atoms with van der Waals surface area (Å²) in [6, 6.07) is 5.48. The van der Waals surface area contributed by atoms with Gasteiger partial charge in [0.25, 0.3) is 0 Å². The van der Waals surface area contributed by atoms with Crippen LogP contribution in [0.25, 0.3) is 0 Å². The van der Waals surface area contributed by atoms with Gasteiger partial charge in [-0.3, -0.25) is 9.69 Å². The lowest BCUT2D eigenvalue weighted by Crippen LogP contribution is -2.43. The molecule has 8 nitrogen and oxygen atoms in total. The first-order valence-corrected chi connectivity index (χ1v) is 9.91. The van der Waals surface area contributed by atoms with Gasteiger partial charge in [-0.15, -0.1) is 0 Å². The zero-order chi connectivity index (χ0) is 21.8. The molecule has 0 aliphatic carbocycles. The highest BCUT2D eigenvalue weighted by atomic mass is 19.1. The molecule has 1 saturated heterocycles. The summed E-state index contributed by atoms with van der Waals surface area (Å²) in [5.41, 5.74) is 9.27. The van der Waals surface area contributed by atoms with Gasteiger partial charge >= 0.3 is 5.97 Å². The minimum absolute atomic E-state index is 0.0754. The van der Waals surface area contributed by atoms with Gasteiger partial charge in [-0.25, -0.2) is 15.8 Å². The minimum atomic E-state index is -0.853. The Morgan fingerprint density at radius 1 is 1.38 bits per heavy atom. The van der Waals surface area contributed by atoms with Gasteiger partial charge in [-0.05, 0) is 30.9 Å². The predicted molar refractivity (Wildman–Crippen MR) is 113 cm³/mol. The zero-order valence-electron chi connectivity index (χ0n) is 17.6. The van der Waals surface area contributed by atoms with Crippen LogP contribution in [-0.2, 0) is 11.3 Å². The number of aryl methyl sites for hydroxylation is 1. The highest BCUT2D eigenvalue weighted by Gasteiger charge is 2.20. The van der Waals surface area contributed by atoms with E-state index < -0.39 is 11.9 Å². The van der Waals surface area contributed by atoms with Crippen molar-refractivity contribution < 1.29 is 14.3 Å². The summed E-state index contributed by atoms with van der Waals surface area (Å²) in [5.74, 6) is 4.02. The molecule has 1 fully saturated rings. The smallest absolute Gasteiger partial charge is 0.306 e. The summed E-state index contributed by atoms with van der Waals surface area (Å²) in [5, 5.41) is 15.7. The Hall–Kier alpha value is -2.23. The van der Waals surface area contributed by atoms with Gasteiger partial charge in [0.15, 0.2) is 0 Å². The Balaban J connectivity index is 0.000000291. The summed E-state index contributed by atoms with van der Waals surface area (Å²) in [6.45, 7) is 10.6. The van der Waals surface area contributed by atoms with Crippen LogP contribution in [0.15, 0.2) is 23.3 Å². The van der Waals surface area contributed by atoms with Crippen LogP contribution in [0.3, 0.4) is 0 Å². The van der Waals surface area contributed by atoms with E-state index in [9.17, 15) is 9.18 Å². The van der Waals surface area contributed by atoms with Crippen molar-refractivity contribution in [3.8, 4) is 0 Å². The second-order valence-electron chi connectivity index (χ2n) is 7.72. The van der Waals surface area contributed by atoms with E-state index in [1.54, 1.807) is 6.07 Å². The third kappa shape index (κ3) is 10.2. The van der Waals surface area contributed by atoms with Crippen LogP contribution >= 0.6 is 0 Å². The molecule has 0 aromatic heterocycles. The largest absolute Gasteiger partial charge is 0.481 e. The number of halogens is 1. The summed E-state index contributed by atoms with van der Waals surface area (Å²) in [7, 11) is 0. The maximum absolute atomic E-state index is 13.6. The zero-order valence-corrected chi connectivity index (χ0v) is 17.6. The molecular weight excluding hydrogens is 375 g/mol. The quantitative estimate of drug-likeness (QED) is 0.190. The molecule has 2 rings (SSSR count). The molecule has 1 aromatic rings. The number of piperazine rings is 1. The number of hydrogen-bond acceptors (Lipinski definition) is 6. The first-order chi connectivity index (χ1) is 13.7. The fraction of sp³-hybridized carbons (Fsp3) is 0.600. The lowest BCUT2D eigenvalue weighted by atomic mass is 9.94. The van der Waals surface area contributed by atoms with E-state index in [1.165, 1.54) is 0 Å². The van der Waals surface area contributed by atoms with Gasteiger partial charge in [0.05, 0.1) is 5.92 Å². The van der Waals surface area contributed by atoms with Crippen molar-refractivity contribution in [2.75, 3.05) is 26.2 Å². The van der Waals surface area contributed by atoms with Crippen molar-refractivity contribution in [3.05, 3.63) is 35.1 Å². The number of nitrogens with two attached hydrogens (primary N) is 2. The van der Waals surface area contributed by atoms with E-state index in [-0.39, 0.29) is 18.1 Å². The van der Waals surface area contributed by atoms with Gasteiger partial charge in [0.2, 0.25) is 0 Å². The minimum Gasteiger partial charge on any atom is -0.481 e. The topological polar surface area (TPSA) is 129 Å². The average molecular weight is 411 g/mol. The fourth-order valence-electron chi connectivity index (χ4n) is 3.11. The van der Waals surface area contributed by atoms with E-state index in [0.717, 1.165) is 43.9 Å². The monoisotopic (exact) mass is 410 g/mol. The SMILES string of the molecule is CC(C)CC(C/C(N)=N/NN)C(=O)O.Cc1ccc(CN2CCNCC2)c(F)c1. The molecule has 1 unspecified atom stereocenters. The van der Waals surface area contributed by atoms with Gasteiger partial charge in [0.1, 0.15) is 11.7 Å². The number of carboxylic acid groups (broad SMARTS) is 1. The molecule has 1 aromatic carbocycles. The number of hydrazone groups is 1. The maximum Gasteiger partial charge on any atom is 0.306 e. The molecule has 0 amide bonds. The molecule has 1 aliphatic rings. The number of hydrazine groups is 1. The molecule has 1 atom stereocenters. The van der Waals surface area contributed by atoms with E-state index in [2.05, 4.69) is 15.3 Å². The molecule has 164 valence electrons. The molecule has 1 heterocycles. The number of rotatable bonds is 8. The number of nitrogens with one attached hydrogen (secondary N) is 2. The van der Waals surface area contributed by atoms with Crippen molar-refractivity contribution in [2.45, 2.75) is 40.2 Å². The molecule has 0 radical (unpaired) electrons. The summed E-state index contributed by atoms with van der Waals surface area (Å²) < 4.78 is 13.6. The van der Waals surface area contributed by atoms with Crippen molar-refractivity contribution >= 4 is 11.8 Å². The predicted octanol–water partition coefficient (Wildman–Crippen LogP) is 1.40. The van der Waals surface area contributed by atoms with Crippen molar-refractivity contribution in [1.29, 1.82) is 0 Å². The van der Waals surface area contributed by atoms with Crippen molar-refractivity contribution in [2.24, 2.45) is 28.5 Å². The van der Waals surface area contributed by atoms with E-state index >= 15 is 0 Å². The average Bonchev–Trinajstić information content (AvgIpc) is 2.65. The Bertz CT molecular complexity index is 662. The molecule has 1 aliphatic heterocycles. The number of aliphatic carboxylic acids is 1. The number of carbonyl (C=O) groups is 1. The van der Waals surface area contributed by atoms with Crippen LogP contribution in [0, 0.1) is 24.6 Å². The normalized spacial score (nSPS) is 16.1. The van der Waals surface area contributed by atoms with Gasteiger partial charge in [-0.2, -0.15) is 5.10 Å². The molecule has 0 saturated carbocycles. The molecule has 0 bridgehead atoms. The lowest BCUT2D eigenvalue weighted by Gasteiger charge is -2.27. The molecule has 7 N–H and O–H groups in total. The first kappa shape index (κ1) is 24.8. The number of carboxylic acids is 1. The molecule has 9 heteroatoms. The second-order valence-corrected chi connectivity index (χ2v) is 7.72. The number of nitrogens with zero attached hydrogens (tertiary/aromatic N) is 2. The molecular formula is C20H35FN6O2. The summed E-state index contributed by atoms with van der Waals surface area (Å²) in [4.78, 5) is 13.1. The Labute approximate surface area is 172 Å². The van der Waals surface area contributed by atoms with Crippen LogP contribution in [0.4, 0.5) is 4.39 Å². The highest BCUT2D eigenvalue weighted by molar-refractivity contribution is 5.84. The van der Waals surface area contributed by atoms with E-state index in [1.807, 2.05) is 38.4 Å². The maximum atomic E-state index is 13.6. The number of benzene rings is 1. The fourth-order valence-corrected chi connectivity index (χ4v) is 3.11. The van der Waals surface area contributed by atoms with E-state index in [4.69, 9.17) is 16.7 Å². The van der Waals surface area contributed by atoms with E-state index in [0.29, 0.717) is 12.3 Å². The number of hydrogen-bond donors (Lipinski definition) is 5. The van der Waals surface area contributed by atoms with Crippen molar-refractivity contribution in [3.63, 3.8) is 0 Å². The third-order valence-electron chi connectivity index (χ3n) is 4.58. The molecule has 0 spiro atoms. The van der Waals surface area contributed by atoms with Crippen LogP contribution < -0.4 is 22.4 Å². The van der Waals surface area contributed by atoms with Crippen LogP contribution in [0.1, 0.15) is 37.8 Å². The third-order valence-corrected chi connectivity index (χ3v) is 4.58. The van der Waals surface area contributed by atoms with Crippen LogP contribution in [-0.4, -0.2) is 48.0 Å². The van der Waals surface area contributed by atoms with Gasteiger partial charge in [0, 0.05) is 44.7 Å². The van der Waals surface area contributed by atoms with Gasteiger partial charge in [-0.1, -0.05) is 26.0 Å². The summed E-state index contributed by atoms with van der Waals surface area (Å²) in [6.07, 6.45) is 0.799. The summed E-state index contributed by atoms with van der Waals surface area (Å²) >= 11 is 0. The molecule has 29 heavy (non-hydrogen) atoms. The Kier molecular flexibility index (Phi) is 11.2. The van der Waals surface area contributed by atoms with Gasteiger partial charge < -0.3 is 16.2 Å². The Morgan fingerprint density at radius 2 is 2.03 bits per heavy atom. The Morgan fingerprint density at radius 3 is 2.55 bits per heavy atom. The standard InChI is InChI=1S/C12H17FN2.C8H18N4O2/c1-10-2-3-11(12(13)8-10)9-15-6-4-14-5-7-15;1-5(2)3-6(8(13)14)4-7(9)11-12-10/h2-3,8,14H,4-7,9H2,1H3;5-6,12H,3-4,10H2,1-2H3,(H2,9,11)(H,13,14). The lowest BCUT2D eigenvalue weighted by molar-refractivity contribution is -0.142. The first-order valence-electron chi connectivity index (χ1n) is 9.91. The highest BCUT2D eigenvalue weighted by Crippen LogP contribution is 2.15. The van der Waals surface area contributed by atoms with Crippen LogP contribution in [0.2, 0.25) is 0 Å². The van der Waals surface area contributed by atoms with Crippen LogP contribution in [0.5, 0.6) is 0 Å². The second kappa shape index (κ2) is 13.1. The number of amidine groups is 1. The van der Waals surface area contributed by atoms with Crippen molar-refractivity contribution in [1.82, 2.24) is 15.8 Å².